The van der Waals surface area contributed by atoms with Gasteiger partial charge in [-0.2, -0.15) is 0 Å². The second-order valence-corrected chi connectivity index (χ2v) is 5.15. The predicted octanol–water partition coefficient (Wildman–Crippen LogP) is 3.14. The number of fused-ring (bicyclic) bond motifs is 1. The first kappa shape index (κ1) is 14.1. The zero-order valence-electron chi connectivity index (χ0n) is 12.3. The Kier molecular flexibility index (Phi) is 4.05. The van der Waals surface area contributed by atoms with Crippen molar-refractivity contribution in [3.05, 3.63) is 65.4 Å². The van der Waals surface area contributed by atoms with E-state index in [-0.39, 0.29) is 6.03 Å². The van der Waals surface area contributed by atoms with Crippen LogP contribution in [-0.2, 0) is 13.1 Å². The molecular weight excluding hydrogens is 278 g/mol. The maximum atomic E-state index is 11.8. The molecule has 0 aliphatic rings. The Balaban J connectivity index is 1.53. The highest BCUT2D eigenvalue weighted by Gasteiger charge is 2.08. The number of carbonyl (C=O) groups excluding carboxylic acids is 1. The van der Waals surface area contributed by atoms with Gasteiger partial charge >= 0.3 is 6.03 Å². The van der Waals surface area contributed by atoms with Crippen LogP contribution in [0.5, 0.6) is 0 Å². The number of aromatic nitrogens is 1. The van der Waals surface area contributed by atoms with Crippen molar-refractivity contribution in [3.63, 3.8) is 0 Å². The fraction of sp³-hybridized carbons (Fsp3) is 0.176. The first-order valence-corrected chi connectivity index (χ1v) is 7.13. The van der Waals surface area contributed by atoms with Crippen LogP contribution in [0.25, 0.3) is 11.0 Å². The maximum Gasteiger partial charge on any atom is 0.315 e. The first-order chi connectivity index (χ1) is 10.7. The lowest BCUT2D eigenvalue weighted by Gasteiger charge is -2.07. The molecule has 5 heteroatoms. The molecule has 22 heavy (non-hydrogen) atoms. The second kappa shape index (κ2) is 6.30. The van der Waals surface area contributed by atoms with E-state index >= 15 is 0 Å². The largest absolute Gasteiger partial charge is 0.356 e. The SMILES string of the molecule is Cc1ccc(CNC(=O)NCc2noc3ccccc23)cc1. The Hall–Kier alpha value is -2.82. The summed E-state index contributed by atoms with van der Waals surface area (Å²) < 4.78 is 5.20. The highest BCUT2D eigenvalue weighted by atomic mass is 16.5. The van der Waals surface area contributed by atoms with Crippen molar-refractivity contribution >= 4 is 17.0 Å². The van der Waals surface area contributed by atoms with E-state index in [0.717, 1.165) is 22.2 Å². The molecule has 0 saturated heterocycles. The van der Waals surface area contributed by atoms with Crippen molar-refractivity contribution in [3.8, 4) is 0 Å². The number of hydrogen-bond donors (Lipinski definition) is 2. The van der Waals surface area contributed by atoms with Crippen LogP contribution in [0.3, 0.4) is 0 Å². The summed E-state index contributed by atoms with van der Waals surface area (Å²) in [6, 6.07) is 15.4. The summed E-state index contributed by atoms with van der Waals surface area (Å²) in [4.78, 5) is 11.8. The number of aryl methyl sites for hydroxylation is 1. The molecule has 112 valence electrons. The standard InChI is InChI=1S/C17H17N3O2/c1-12-6-8-13(9-7-12)10-18-17(21)19-11-15-14-4-2-3-5-16(14)22-20-15/h2-9H,10-11H2,1H3,(H2,18,19,21). The first-order valence-electron chi connectivity index (χ1n) is 7.13. The van der Waals surface area contributed by atoms with E-state index in [1.165, 1.54) is 5.56 Å². The molecule has 5 nitrogen and oxygen atoms in total. The molecule has 1 aromatic heterocycles. The summed E-state index contributed by atoms with van der Waals surface area (Å²) in [6.45, 7) is 2.86. The van der Waals surface area contributed by atoms with E-state index in [0.29, 0.717) is 13.1 Å². The molecule has 2 amide bonds. The van der Waals surface area contributed by atoms with Crippen molar-refractivity contribution in [2.24, 2.45) is 0 Å². The van der Waals surface area contributed by atoms with Crippen LogP contribution >= 0.6 is 0 Å². The van der Waals surface area contributed by atoms with Crippen LogP contribution < -0.4 is 10.6 Å². The van der Waals surface area contributed by atoms with Gasteiger partial charge in [-0.15, -0.1) is 0 Å². The van der Waals surface area contributed by atoms with Gasteiger partial charge in [0.05, 0.1) is 6.54 Å². The number of para-hydroxylation sites is 1. The molecule has 0 bridgehead atoms. The molecule has 0 aliphatic carbocycles. The van der Waals surface area contributed by atoms with Gasteiger partial charge in [0.25, 0.3) is 0 Å². The lowest BCUT2D eigenvalue weighted by Crippen LogP contribution is -2.34. The molecule has 0 radical (unpaired) electrons. The number of benzene rings is 2. The lowest BCUT2D eigenvalue weighted by atomic mass is 10.1. The Labute approximate surface area is 128 Å². The Morgan fingerprint density at radius 1 is 1.05 bits per heavy atom. The Morgan fingerprint density at radius 3 is 2.59 bits per heavy atom. The molecule has 2 N–H and O–H groups in total. The monoisotopic (exact) mass is 295 g/mol. The van der Waals surface area contributed by atoms with E-state index in [1.54, 1.807) is 0 Å². The third-order valence-electron chi connectivity index (χ3n) is 3.44. The van der Waals surface area contributed by atoms with Crippen molar-refractivity contribution in [1.29, 1.82) is 0 Å². The van der Waals surface area contributed by atoms with Crippen LogP contribution in [0.2, 0.25) is 0 Å². The summed E-state index contributed by atoms with van der Waals surface area (Å²) in [5.74, 6) is 0. The summed E-state index contributed by atoms with van der Waals surface area (Å²) in [6.07, 6.45) is 0. The van der Waals surface area contributed by atoms with Crippen molar-refractivity contribution < 1.29 is 9.32 Å². The molecule has 3 aromatic rings. The fourth-order valence-electron chi connectivity index (χ4n) is 2.18. The summed E-state index contributed by atoms with van der Waals surface area (Å²) in [5.41, 5.74) is 3.71. The number of carbonyl (C=O) groups is 1. The van der Waals surface area contributed by atoms with Crippen molar-refractivity contribution in [2.75, 3.05) is 0 Å². The van der Waals surface area contributed by atoms with Gasteiger partial charge in [0, 0.05) is 11.9 Å². The van der Waals surface area contributed by atoms with Gasteiger partial charge < -0.3 is 15.2 Å². The predicted molar refractivity (Wildman–Crippen MR) is 84.3 cm³/mol. The van der Waals surface area contributed by atoms with E-state index in [9.17, 15) is 4.79 Å². The molecule has 0 spiro atoms. The van der Waals surface area contributed by atoms with Crippen molar-refractivity contribution in [2.45, 2.75) is 20.0 Å². The molecule has 0 unspecified atom stereocenters. The zero-order valence-corrected chi connectivity index (χ0v) is 12.3. The normalized spacial score (nSPS) is 10.6. The second-order valence-electron chi connectivity index (χ2n) is 5.15. The third kappa shape index (κ3) is 3.25. The number of amides is 2. The molecule has 3 rings (SSSR count). The Bertz CT molecular complexity index is 778. The summed E-state index contributed by atoms with van der Waals surface area (Å²) in [5, 5.41) is 10.5. The third-order valence-corrected chi connectivity index (χ3v) is 3.44. The molecule has 0 atom stereocenters. The van der Waals surface area contributed by atoms with Gasteiger partial charge in [0.2, 0.25) is 0 Å². The van der Waals surface area contributed by atoms with E-state index in [1.807, 2.05) is 55.5 Å². The van der Waals surface area contributed by atoms with Gasteiger partial charge in [-0.1, -0.05) is 47.1 Å². The van der Waals surface area contributed by atoms with Crippen LogP contribution in [0.15, 0.2) is 53.1 Å². The minimum absolute atomic E-state index is 0.229. The molecule has 0 aliphatic heterocycles. The van der Waals surface area contributed by atoms with E-state index < -0.39 is 0 Å². The average molecular weight is 295 g/mol. The number of hydrogen-bond acceptors (Lipinski definition) is 3. The van der Waals surface area contributed by atoms with Crippen LogP contribution in [0.1, 0.15) is 16.8 Å². The van der Waals surface area contributed by atoms with Gasteiger partial charge in [0.1, 0.15) is 5.69 Å². The minimum atomic E-state index is -0.229. The maximum absolute atomic E-state index is 11.8. The number of nitrogens with zero attached hydrogens (tertiary/aromatic N) is 1. The molecule has 2 aromatic carbocycles. The number of nitrogens with one attached hydrogen (secondary N) is 2. The van der Waals surface area contributed by atoms with Gasteiger partial charge in [-0.3, -0.25) is 0 Å². The summed E-state index contributed by atoms with van der Waals surface area (Å²) in [7, 11) is 0. The fourth-order valence-corrected chi connectivity index (χ4v) is 2.18. The smallest absolute Gasteiger partial charge is 0.315 e. The van der Waals surface area contributed by atoms with Crippen LogP contribution in [-0.4, -0.2) is 11.2 Å². The quantitative estimate of drug-likeness (QED) is 0.777. The van der Waals surface area contributed by atoms with Gasteiger partial charge in [-0.05, 0) is 24.6 Å². The number of rotatable bonds is 4. The average Bonchev–Trinajstić information content (AvgIpc) is 2.96. The molecular formula is C17H17N3O2. The Morgan fingerprint density at radius 2 is 1.77 bits per heavy atom. The zero-order chi connectivity index (χ0) is 15.4. The highest BCUT2D eigenvalue weighted by molar-refractivity contribution is 5.80. The minimum Gasteiger partial charge on any atom is -0.356 e. The summed E-state index contributed by atoms with van der Waals surface area (Å²) >= 11 is 0. The lowest BCUT2D eigenvalue weighted by molar-refractivity contribution is 0.240. The van der Waals surface area contributed by atoms with E-state index in [4.69, 9.17) is 4.52 Å². The van der Waals surface area contributed by atoms with Crippen LogP contribution in [0.4, 0.5) is 4.79 Å². The van der Waals surface area contributed by atoms with Gasteiger partial charge in [-0.25, -0.2) is 4.79 Å². The molecule has 0 fully saturated rings. The topological polar surface area (TPSA) is 67.2 Å². The number of urea groups is 1. The molecule has 1 heterocycles. The van der Waals surface area contributed by atoms with Gasteiger partial charge in [0.15, 0.2) is 5.58 Å². The molecule has 0 saturated carbocycles. The van der Waals surface area contributed by atoms with Crippen molar-refractivity contribution in [1.82, 2.24) is 15.8 Å². The van der Waals surface area contributed by atoms with Crippen LogP contribution in [0, 0.1) is 6.92 Å². The van der Waals surface area contributed by atoms with E-state index in [2.05, 4.69) is 15.8 Å². The highest BCUT2D eigenvalue weighted by Crippen LogP contribution is 2.17.